The van der Waals surface area contributed by atoms with Crippen LogP contribution in [0.25, 0.3) is 0 Å². The first-order chi connectivity index (χ1) is 7.66. The summed E-state index contributed by atoms with van der Waals surface area (Å²) in [6.07, 6.45) is 2.82. The number of hydrogen-bond donors (Lipinski definition) is 2. The highest BCUT2D eigenvalue weighted by Gasteiger charge is 2.27. The molecule has 0 saturated heterocycles. The Kier molecular flexibility index (Phi) is 3.87. The zero-order valence-electron chi connectivity index (χ0n) is 9.54. The third-order valence-corrected chi connectivity index (χ3v) is 3.87. The number of phenolic OH excluding ortho intramolecular Hbond substituents is 1. The Labute approximate surface area is 105 Å². The topological polar surface area (TPSA) is 32.3 Å². The summed E-state index contributed by atoms with van der Waals surface area (Å²) in [6, 6.07) is 5.64. The lowest BCUT2D eigenvalue weighted by molar-refractivity contribution is 0.460. The number of halogens is 1. The van der Waals surface area contributed by atoms with Crippen molar-refractivity contribution < 1.29 is 5.11 Å². The number of aromatic hydroxyl groups is 1. The molecule has 1 aliphatic rings. The van der Waals surface area contributed by atoms with E-state index in [1.54, 1.807) is 6.07 Å². The van der Waals surface area contributed by atoms with E-state index in [1.807, 2.05) is 12.1 Å². The van der Waals surface area contributed by atoms with Crippen LogP contribution < -0.4 is 5.32 Å². The summed E-state index contributed by atoms with van der Waals surface area (Å²) < 4.78 is 0.766. The van der Waals surface area contributed by atoms with Gasteiger partial charge in [0, 0.05) is 6.54 Å². The zero-order chi connectivity index (χ0) is 11.5. The van der Waals surface area contributed by atoms with Gasteiger partial charge in [-0.05, 0) is 64.8 Å². The molecule has 88 valence electrons. The van der Waals surface area contributed by atoms with Crippen LogP contribution in [0, 0.1) is 11.8 Å². The summed E-state index contributed by atoms with van der Waals surface area (Å²) in [5.74, 6) is 2.05. The Hall–Kier alpha value is -0.540. The van der Waals surface area contributed by atoms with Crippen molar-refractivity contribution in [2.45, 2.75) is 26.3 Å². The van der Waals surface area contributed by atoms with Gasteiger partial charge in [0.25, 0.3) is 0 Å². The van der Waals surface area contributed by atoms with Crippen LogP contribution in [0.4, 0.5) is 0 Å². The third kappa shape index (κ3) is 3.22. The van der Waals surface area contributed by atoms with Gasteiger partial charge in [-0.2, -0.15) is 0 Å². The summed E-state index contributed by atoms with van der Waals surface area (Å²) in [4.78, 5) is 0. The largest absolute Gasteiger partial charge is 0.507 e. The predicted octanol–water partition coefficient (Wildman–Crippen LogP) is 3.29. The smallest absolute Gasteiger partial charge is 0.129 e. The molecule has 0 bridgehead atoms. The summed E-state index contributed by atoms with van der Waals surface area (Å²) in [5, 5.41) is 12.8. The van der Waals surface area contributed by atoms with Crippen molar-refractivity contribution in [3.63, 3.8) is 0 Å². The van der Waals surface area contributed by atoms with Crippen molar-refractivity contribution >= 4 is 15.9 Å². The van der Waals surface area contributed by atoms with E-state index in [1.165, 1.54) is 18.4 Å². The van der Waals surface area contributed by atoms with Crippen molar-refractivity contribution in [3.8, 4) is 5.75 Å². The summed E-state index contributed by atoms with van der Waals surface area (Å²) in [6.45, 7) is 4.27. The van der Waals surface area contributed by atoms with Crippen molar-refractivity contribution in [3.05, 3.63) is 28.2 Å². The van der Waals surface area contributed by atoms with Gasteiger partial charge < -0.3 is 10.4 Å². The van der Waals surface area contributed by atoms with Crippen molar-refractivity contribution in [1.29, 1.82) is 0 Å². The van der Waals surface area contributed by atoms with E-state index >= 15 is 0 Å². The van der Waals surface area contributed by atoms with E-state index in [2.05, 4.69) is 28.2 Å². The molecule has 1 saturated carbocycles. The highest BCUT2D eigenvalue weighted by Crippen LogP contribution is 2.36. The molecule has 0 aliphatic heterocycles. The predicted molar refractivity (Wildman–Crippen MR) is 69.4 cm³/mol. The summed E-state index contributed by atoms with van der Waals surface area (Å²) in [5.41, 5.74) is 1.20. The van der Waals surface area contributed by atoms with Crippen LogP contribution in [0.1, 0.15) is 25.3 Å². The number of rotatable bonds is 5. The van der Waals surface area contributed by atoms with Gasteiger partial charge in [-0.25, -0.2) is 0 Å². The van der Waals surface area contributed by atoms with Gasteiger partial charge in [0.1, 0.15) is 5.75 Å². The zero-order valence-corrected chi connectivity index (χ0v) is 11.1. The fourth-order valence-electron chi connectivity index (χ4n) is 1.94. The molecule has 16 heavy (non-hydrogen) atoms. The number of phenols is 1. The van der Waals surface area contributed by atoms with Gasteiger partial charge in [0.15, 0.2) is 0 Å². The Morgan fingerprint density at radius 3 is 2.88 bits per heavy atom. The van der Waals surface area contributed by atoms with E-state index in [4.69, 9.17) is 0 Å². The second-order valence-electron chi connectivity index (χ2n) is 4.73. The van der Waals surface area contributed by atoms with E-state index in [0.29, 0.717) is 5.75 Å². The number of benzene rings is 1. The highest BCUT2D eigenvalue weighted by atomic mass is 79.9. The van der Waals surface area contributed by atoms with Gasteiger partial charge in [0.05, 0.1) is 4.47 Å². The maximum Gasteiger partial charge on any atom is 0.129 e. The van der Waals surface area contributed by atoms with Crippen LogP contribution in [0.5, 0.6) is 5.75 Å². The Morgan fingerprint density at radius 2 is 2.25 bits per heavy atom. The van der Waals surface area contributed by atoms with Gasteiger partial charge in [-0.1, -0.05) is 13.0 Å². The minimum Gasteiger partial charge on any atom is -0.507 e. The van der Waals surface area contributed by atoms with Gasteiger partial charge in [-0.3, -0.25) is 0 Å². The van der Waals surface area contributed by atoms with Crippen LogP contribution in [-0.4, -0.2) is 11.7 Å². The molecule has 1 atom stereocenters. The fraction of sp³-hybridized carbons (Fsp3) is 0.538. The summed E-state index contributed by atoms with van der Waals surface area (Å²) >= 11 is 3.32. The SMILES string of the molecule is CC(CNCc1ccc(O)c(Br)c1)C1CC1. The lowest BCUT2D eigenvalue weighted by atomic mass is 10.1. The molecule has 0 spiro atoms. The molecule has 1 aromatic carbocycles. The van der Waals surface area contributed by atoms with Crippen molar-refractivity contribution in [2.75, 3.05) is 6.54 Å². The lowest BCUT2D eigenvalue weighted by Gasteiger charge is -2.11. The first kappa shape index (κ1) is 11.9. The maximum atomic E-state index is 9.37. The average molecular weight is 284 g/mol. The Bertz CT molecular complexity index is 363. The normalized spacial score (nSPS) is 17.4. The quantitative estimate of drug-likeness (QED) is 0.869. The second kappa shape index (κ2) is 5.19. The molecular formula is C13H18BrNO. The first-order valence-electron chi connectivity index (χ1n) is 5.85. The van der Waals surface area contributed by atoms with Crippen LogP contribution in [0.2, 0.25) is 0 Å². The third-order valence-electron chi connectivity index (χ3n) is 3.23. The van der Waals surface area contributed by atoms with Gasteiger partial charge in [0.2, 0.25) is 0 Å². The van der Waals surface area contributed by atoms with Crippen molar-refractivity contribution in [2.24, 2.45) is 11.8 Å². The molecule has 2 rings (SSSR count). The fourth-order valence-corrected chi connectivity index (χ4v) is 2.36. The number of hydrogen-bond acceptors (Lipinski definition) is 2. The Balaban J connectivity index is 1.78. The molecule has 2 N–H and O–H groups in total. The number of nitrogens with one attached hydrogen (secondary N) is 1. The molecule has 1 unspecified atom stereocenters. The monoisotopic (exact) mass is 283 g/mol. The minimum atomic E-state index is 0.301. The maximum absolute atomic E-state index is 9.37. The van der Waals surface area contributed by atoms with E-state index < -0.39 is 0 Å². The standard InChI is InChI=1S/C13H18BrNO/c1-9(11-3-4-11)7-15-8-10-2-5-13(16)12(14)6-10/h2,5-6,9,11,15-16H,3-4,7-8H2,1H3. The van der Waals surface area contributed by atoms with E-state index in [9.17, 15) is 5.11 Å². The lowest BCUT2D eigenvalue weighted by Crippen LogP contribution is -2.21. The van der Waals surface area contributed by atoms with E-state index in [-0.39, 0.29) is 0 Å². The molecule has 1 aliphatic carbocycles. The highest BCUT2D eigenvalue weighted by molar-refractivity contribution is 9.10. The molecule has 2 nitrogen and oxygen atoms in total. The molecule has 1 aromatic rings. The van der Waals surface area contributed by atoms with E-state index in [0.717, 1.165) is 29.4 Å². The molecule has 1 fully saturated rings. The summed E-state index contributed by atoms with van der Waals surface area (Å²) in [7, 11) is 0. The Morgan fingerprint density at radius 1 is 1.50 bits per heavy atom. The van der Waals surface area contributed by atoms with Crippen LogP contribution in [-0.2, 0) is 6.54 Å². The van der Waals surface area contributed by atoms with Gasteiger partial charge in [-0.15, -0.1) is 0 Å². The second-order valence-corrected chi connectivity index (χ2v) is 5.59. The molecule has 0 radical (unpaired) electrons. The average Bonchev–Trinajstić information content (AvgIpc) is 3.07. The molecule has 0 aromatic heterocycles. The molecule has 0 heterocycles. The molecule has 3 heteroatoms. The minimum absolute atomic E-state index is 0.301. The van der Waals surface area contributed by atoms with Crippen LogP contribution >= 0.6 is 15.9 Å². The first-order valence-corrected chi connectivity index (χ1v) is 6.64. The van der Waals surface area contributed by atoms with Crippen LogP contribution in [0.3, 0.4) is 0 Å². The van der Waals surface area contributed by atoms with Crippen molar-refractivity contribution in [1.82, 2.24) is 5.32 Å². The van der Waals surface area contributed by atoms with Crippen LogP contribution in [0.15, 0.2) is 22.7 Å². The molecule has 0 amide bonds. The molecular weight excluding hydrogens is 266 g/mol. The van der Waals surface area contributed by atoms with Gasteiger partial charge >= 0.3 is 0 Å².